The van der Waals surface area contributed by atoms with Gasteiger partial charge in [0.05, 0.1) is 5.56 Å². The fraction of sp³-hybridized carbons (Fsp3) is 0.167. The highest BCUT2D eigenvalue weighted by molar-refractivity contribution is 5.99. The number of Topliss-reactive ketones (excluding diaryl/α,β-unsaturated/α-hetero) is 1. The van der Waals surface area contributed by atoms with Gasteiger partial charge >= 0.3 is 5.97 Å². The molecule has 0 heterocycles. The second-order valence-corrected chi connectivity index (χ2v) is 6.60. The summed E-state index contributed by atoms with van der Waals surface area (Å²) in [6.45, 7) is 4.10. The largest absolute Gasteiger partial charge is 0.489 e. The van der Waals surface area contributed by atoms with E-state index in [1.807, 2.05) is 56.3 Å². The van der Waals surface area contributed by atoms with Gasteiger partial charge < -0.3 is 9.47 Å². The number of hydrogen-bond acceptors (Lipinski definition) is 4. The monoisotopic (exact) mass is 374 g/mol. The molecule has 0 bridgehead atoms. The highest BCUT2D eigenvalue weighted by Crippen LogP contribution is 2.15. The van der Waals surface area contributed by atoms with Crippen molar-refractivity contribution in [3.8, 4) is 5.75 Å². The minimum atomic E-state index is -0.535. The first-order chi connectivity index (χ1) is 13.5. The first kappa shape index (κ1) is 19.4. The van der Waals surface area contributed by atoms with E-state index in [0.29, 0.717) is 23.5 Å². The fourth-order valence-corrected chi connectivity index (χ4v) is 2.64. The van der Waals surface area contributed by atoms with Gasteiger partial charge in [-0.25, -0.2) is 4.79 Å². The van der Waals surface area contributed by atoms with E-state index in [2.05, 4.69) is 0 Å². The molecule has 4 heteroatoms. The average molecular weight is 374 g/mol. The number of aryl methyl sites for hydroxylation is 2. The molecule has 0 aliphatic carbocycles. The average Bonchev–Trinajstić information content (AvgIpc) is 2.73. The van der Waals surface area contributed by atoms with Gasteiger partial charge in [0.1, 0.15) is 12.4 Å². The summed E-state index contributed by atoms with van der Waals surface area (Å²) in [7, 11) is 0. The maximum absolute atomic E-state index is 12.2. The molecule has 3 aromatic rings. The van der Waals surface area contributed by atoms with Crippen molar-refractivity contribution < 1.29 is 19.1 Å². The second-order valence-electron chi connectivity index (χ2n) is 6.60. The van der Waals surface area contributed by atoms with Gasteiger partial charge in [-0.1, -0.05) is 42.5 Å². The lowest BCUT2D eigenvalue weighted by atomic mass is 10.0. The molecule has 0 amide bonds. The van der Waals surface area contributed by atoms with Crippen molar-refractivity contribution >= 4 is 11.8 Å². The second kappa shape index (κ2) is 9.00. The lowest BCUT2D eigenvalue weighted by Crippen LogP contribution is -2.14. The third-order valence-electron chi connectivity index (χ3n) is 4.50. The standard InChI is InChI=1S/C24H22O4/c1-17-8-9-21(14-18(17)2)23(25)16-28-24(26)20-10-12-22(13-11-20)27-15-19-6-4-3-5-7-19/h3-14H,15-16H2,1-2H3. The Morgan fingerprint density at radius 1 is 0.786 bits per heavy atom. The number of esters is 1. The van der Waals surface area contributed by atoms with Gasteiger partial charge in [0.25, 0.3) is 0 Å². The molecule has 0 radical (unpaired) electrons. The molecule has 28 heavy (non-hydrogen) atoms. The number of ketones is 1. The predicted octanol–water partition coefficient (Wildman–Crippen LogP) is 4.92. The third-order valence-corrected chi connectivity index (χ3v) is 4.50. The number of benzene rings is 3. The van der Waals surface area contributed by atoms with Crippen LogP contribution in [-0.2, 0) is 11.3 Å². The van der Waals surface area contributed by atoms with Crippen LogP contribution in [-0.4, -0.2) is 18.4 Å². The van der Waals surface area contributed by atoms with Crippen LogP contribution >= 0.6 is 0 Å². The van der Waals surface area contributed by atoms with Crippen LogP contribution in [0, 0.1) is 13.8 Å². The van der Waals surface area contributed by atoms with Crippen LogP contribution in [0.15, 0.2) is 72.8 Å². The number of rotatable bonds is 7. The summed E-state index contributed by atoms with van der Waals surface area (Å²) >= 11 is 0. The summed E-state index contributed by atoms with van der Waals surface area (Å²) in [5, 5.41) is 0. The van der Waals surface area contributed by atoms with Gasteiger partial charge in [0.15, 0.2) is 12.4 Å². The molecule has 0 saturated carbocycles. The number of carbonyl (C=O) groups excluding carboxylic acids is 2. The van der Waals surface area contributed by atoms with Crippen LogP contribution in [0.2, 0.25) is 0 Å². The van der Waals surface area contributed by atoms with Crippen molar-refractivity contribution in [1.29, 1.82) is 0 Å². The SMILES string of the molecule is Cc1ccc(C(=O)COC(=O)c2ccc(OCc3ccccc3)cc2)cc1C. The number of ether oxygens (including phenoxy) is 2. The van der Waals surface area contributed by atoms with Gasteiger partial charge in [-0.15, -0.1) is 0 Å². The van der Waals surface area contributed by atoms with Crippen molar-refractivity contribution in [3.63, 3.8) is 0 Å². The molecule has 0 saturated heterocycles. The molecule has 142 valence electrons. The minimum absolute atomic E-state index is 0.223. The predicted molar refractivity (Wildman–Crippen MR) is 108 cm³/mol. The number of hydrogen-bond donors (Lipinski definition) is 0. The maximum Gasteiger partial charge on any atom is 0.338 e. The Bertz CT molecular complexity index is 960. The zero-order chi connectivity index (χ0) is 19.9. The molecule has 0 aromatic heterocycles. The molecule has 0 unspecified atom stereocenters. The van der Waals surface area contributed by atoms with E-state index in [1.165, 1.54) is 0 Å². The molecule has 4 nitrogen and oxygen atoms in total. The Labute approximate surface area is 164 Å². The smallest absolute Gasteiger partial charge is 0.338 e. The van der Waals surface area contributed by atoms with E-state index < -0.39 is 5.97 Å². The first-order valence-corrected chi connectivity index (χ1v) is 9.07. The van der Waals surface area contributed by atoms with Crippen molar-refractivity contribution in [3.05, 3.63) is 101 Å². The quantitative estimate of drug-likeness (QED) is 0.435. The Balaban J connectivity index is 1.52. The Morgan fingerprint density at radius 2 is 1.46 bits per heavy atom. The summed E-state index contributed by atoms with van der Waals surface area (Å²) in [4.78, 5) is 24.4. The van der Waals surface area contributed by atoms with Crippen molar-refractivity contribution in [1.82, 2.24) is 0 Å². The molecule has 0 aliphatic rings. The first-order valence-electron chi connectivity index (χ1n) is 9.07. The van der Waals surface area contributed by atoms with Gasteiger partial charge in [0.2, 0.25) is 0 Å². The van der Waals surface area contributed by atoms with E-state index in [-0.39, 0.29) is 12.4 Å². The van der Waals surface area contributed by atoms with E-state index in [0.717, 1.165) is 16.7 Å². The van der Waals surface area contributed by atoms with E-state index in [9.17, 15) is 9.59 Å². The van der Waals surface area contributed by atoms with Crippen molar-refractivity contribution in [2.45, 2.75) is 20.5 Å². The lowest BCUT2D eigenvalue weighted by molar-refractivity contribution is 0.0474. The van der Waals surface area contributed by atoms with E-state index >= 15 is 0 Å². The summed E-state index contributed by atoms with van der Waals surface area (Å²) in [5.41, 5.74) is 4.13. The Hall–Kier alpha value is -3.40. The molecule has 0 N–H and O–H groups in total. The fourth-order valence-electron chi connectivity index (χ4n) is 2.64. The van der Waals surface area contributed by atoms with Crippen LogP contribution in [0.4, 0.5) is 0 Å². The lowest BCUT2D eigenvalue weighted by Gasteiger charge is -2.08. The molecule has 3 aromatic carbocycles. The molecular weight excluding hydrogens is 352 g/mol. The normalized spacial score (nSPS) is 10.4. The molecule has 0 atom stereocenters. The summed E-state index contributed by atoms with van der Waals surface area (Å²) in [5.74, 6) is -0.0994. The van der Waals surface area contributed by atoms with Gasteiger partial charge in [-0.2, -0.15) is 0 Å². The summed E-state index contributed by atoms with van der Waals surface area (Å²) < 4.78 is 10.9. The maximum atomic E-state index is 12.2. The van der Waals surface area contributed by atoms with Crippen LogP contribution in [0.25, 0.3) is 0 Å². The van der Waals surface area contributed by atoms with Gasteiger partial charge in [-0.05, 0) is 60.9 Å². The van der Waals surface area contributed by atoms with Crippen LogP contribution in [0.1, 0.15) is 37.4 Å². The van der Waals surface area contributed by atoms with Crippen molar-refractivity contribution in [2.24, 2.45) is 0 Å². The molecular formula is C24H22O4. The third kappa shape index (κ3) is 5.07. The van der Waals surface area contributed by atoms with Crippen LogP contribution < -0.4 is 4.74 Å². The highest BCUT2D eigenvalue weighted by Gasteiger charge is 2.12. The van der Waals surface area contributed by atoms with E-state index in [4.69, 9.17) is 9.47 Å². The highest BCUT2D eigenvalue weighted by atomic mass is 16.5. The van der Waals surface area contributed by atoms with Gasteiger partial charge in [-0.3, -0.25) is 4.79 Å². The zero-order valence-electron chi connectivity index (χ0n) is 16.0. The van der Waals surface area contributed by atoms with E-state index in [1.54, 1.807) is 30.3 Å². The summed E-state index contributed by atoms with van der Waals surface area (Å²) in [6, 6.07) is 22.0. The molecule has 0 spiro atoms. The Kier molecular flexibility index (Phi) is 6.22. The van der Waals surface area contributed by atoms with Gasteiger partial charge in [0, 0.05) is 5.56 Å². The topological polar surface area (TPSA) is 52.6 Å². The summed E-state index contributed by atoms with van der Waals surface area (Å²) in [6.07, 6.45) is 0. The van der Waals surface area contributed by atoms with Crippen molar-refractivity contribution in [2.75, 3.05) is 6.61 Å². The molecule has 0 fully saturated rings. The number of carbonyl (C=O) groups is 2. The molecule has 3 rings (SSSR count). The van der Waals surface area contributed by atoms with Crippen LogP contribution in [0.5, 0.6) is 5.75 Å². The minimum Gasteiger partial charge on any atom is -0.489 e. The molecule has 0 aliphatic heterocycles. The Morgan fingerprint density at radius 3 is 2.14 bits per heavy atom. The zero-order valence-corrected chi connectivity index (χ0v) is 16.0. The van der Waals surface area contributed by atoms with Crippen LogP contribution in [0.3, 0.4) is 0 Å².